The van der Waals surface area contributed by atoms with Crippen LogP contribution in [-0.4, -0.2) is 59.8 Å². The molecule has 9 heteroatoms. The zero-order chi connectivity index (χ0) is 29.9. The third-order valence-electron chi connectivity index (χ3n) is 6.98. The first-order valence-electron chi connectivity index (χ1n) is 13.7. The van der Waals surface area contributed by atoms with Gasteiger partial charge in [0, 0.05) is 31.7 Å². The molecular weight excluding hydrogens is 538 g/mol. The minimum absolute atomic E-state index is 0.0204. The molecule has 3 rings (SSSR count). The normalized spacial score (nSPS) is 12.0. The van der Waals surface area contributed by atoms with E-state index in [0.717, 1.165) is 23.2 Å². The molecule has 0 aliphatic carbocycles. The quantitative estimate of drug-likeness (QED) is 0.108. The van der Waals surface area contributed by atoms with Gasteiger partial charge in [0.05, 0.1) is 22.0 Å². The molecule has 0 fully saturated rings. The van der Waals surface area contributed by atoms with E-state index in [4.69, 9.17) is 16.6 Å². The molecule has 1 aromatic heterocycles. The molecule has 216 valence electrons. The summed E-state index contributed by atoms with van der Waals surface area (Å²) in [4.78, 5) is 37.3. The Kier molecular flexibility index (Phi) is 11.5. The lowest BCUT2D eigenvalue weighted by Gasteiger charge is -2.34. The van der Waals surface area contributed by atoms with E-state index in [0.29, 0.717) is 72.3 Å². The number of hydrogen-bond donors (Lipinski definition) is 2. The number of pyridine rings is 1. The number of carbonyl (C=O) groups excluding carboxylic acids is 2. The number of halogens is 1. The van der Waals surface area contributed by atoms with Gasteiger partial charge in [0.15, 0.2) is 5.82 Å². The number of aryl methyl sites for hydroxylation is 2. The molecule has 0 aliphatic heterocycles. The number of aromatic nitrogens is 1. The van der Waals surface area contributed by atoms with Gasteiger partial charge < -0.3 is 15.3 Å². The van der Waals surface area contributed by atoms with Crippen LogP contribution in [0.25, 0.3) is 11.3 Å². The van der Waals surface area contributed by atoms with Gasteiger partial charge >= 0.3 is 0 Å². The van der Waals surface area contributed by atoms with Gasteiger partial charge in [0.25, 0.3) is 0 Å². The Morgan fingerprint density at radius 1 is 1.15 bits per heavy atom. The topological polar surface area (TPSA) is 98.1 Å². The fraction of sp³-hybridized carbons (Fsp3) is 0.312. The van der Waals surface area contributed by atoms with Gasteiger partial charge in [-0.25, -0.2) is 4.98 Å². The van der Waals surface area contributed by atoms with E-state index in [1.54, 1.807) is 42.3 Å². The minimum Gasteiger partial charge on any atom is -0.507 e. The van der Waals surface area contributed by atoms with Gasteiger partial charge in [0.1, 0.15) is 11.6 Å². The second-order valence-electron chi connectivity index (χ2n) is 9.51. The van der Waals surface area contributed by atoms with Crippen molar-refractivity contribution in [2.45, 2.75) is 46.1 Å². The van der Waals surface area contributed by atoms with E-state index in [1.807, 2.05) is 49.9 Å². The second-order valence-corrected chi connectivity index (χ2v) is 9.91. The molecule has 41 heavy (non-hydrogen) atoms. The summed E-state index contributed by atoms with van der Waals surface area (Å²) in [6, 6.07) is 14.4. The first-order valence-corrected chi connectivity index (χ1v) is 14.1. The zero-order valence-electron chi connectivity index (χ0n) is 24.1. The van der Waals surface area contributed by atoms with Crippen LogP contribution in [-0.2, 0) is 22.4 Å². The Morgan fingerprint density at radius 3 is 2.39 bits per heavy atom. The van der Waals surface area contributed by atoms with Crippen LogP contribution in [0.2, 0.25) is 5.02 Å². The Balaban J connectivity index is 2.38. The molecule has 0 saturated heterocycles. The third kappa shape index (κ3) is 6.95. The fourth-order valence-corrected chi connectivity index (χ4v) is 5.17. The van der Waals surface area contributed by atoms with Gasteiger partial charge in [-0.15, -0.1) is 6.58 Å². The summed E-state index contributed by atoms with van der Waals surface area (Å²) in [7, 11) is 1.67. The van der Waals surface area contributed by atoms with Crippen molar-refractivity contribution in [2.75, 3.05) is 25.0 Å². The highest BCUT2D eigenvalue weighted by Crippen LogP contribution is 2.39. The van der Waals surface area contributed by atoms with Crippen molar-refractivity contribution in [1.29, 1.82) is 0 Å². The summed E-state index contributed by atoms with van der Waals surface area (Å²) in [5.74, 6) is 0.907. The number of carbonyl (C=O) groups is 2. The van der Waals surface area contributed by atoms with Gasteiger partial charge in [-0.3, -0.25) is 19.5 Å². The van der Waals surface area contributed by atoms with Crippen molar-refractivity contribution in [1.82, 2.24) is 15.2 Å². The maximum atomic E-state index is 13.0. The molecule has 2 aromatic carbocycles. The van der Waals surface area contributed by atoms with Gasteiger partial charge in [-0.2, -0.15) is 0 Å². The molecule has 0 spiro atoms. The largest absolute Gasteiger partial charge is 0.507 e. The number of amidine groups is 1. The maximum Gasteiger partial charge on any atom is 0.219 e. The summed E-state index contributed by atoms with van der Waals surface area (Å²) in [5.41, 5.74) is 4.06. The SMILES string of the molecule is C=CCCN(C(=NC)c1cc(Cl)c(-c2ccccc2O)nc1N(C=O)c1c(CC)cccc1CC)C(C)CNC=O. The second kappa shape index (κ2) is 15.0. The number of nitrogens with one attached hydrogen (secondary N) is 1. The summed E-state index contributed by atoms with van der Waals surface area (Å²) in [6.45, 7) is 10.9. The molecular formula is C32H38ClN5O3. The highest BCUT2D eigenvalue weighted by molar-refractivity contribution is 6.33. The monoisotopic (exact) mass is 575 g/mol. The lowest BCUT2D eigenvalue weighted by Crippen LogP contribution is -2.45. The average molecular weight is 576 g/mol. The fourth-order valence-electron chi connectivity index (χ4n) is 4.92. The minimum atomic E-state index is -0.151. The van der Waals surface area contributed by atoms with Crippen molar-refractivity contribution in [2.24, 2.45) is 4.99 Å². The molecule has 8 nitrogen and oxygen atoms in total. The van der Waals surface area contributed by atoms with Crippen molar-refractivity contribution in [3.8, 4) is 17.0 Å². The zero-order valence-corrected chi connectivity index (χ0v) is 24.9. The Labute approximate surface area is 247 Å². The molecule has 0 aliphatic rings. The van der Waals surface area contributed by atoms with E-state index >= 15 is 0 Å². The van der Waals surface area contributed by atoms with Crippen LogP contribution in [0.15, 0.2) is 66.2 Å². The number of hydrogen-bond acceptors (Lipinski definition) is 5. The first kappa shape index (κ1) is 31.4. The van der Waals surface area contributed by atoms with Crippen LogP contribution in [0.3, 0.4) is 0 Å². The van der Waals surface area contributed by atoms with Crippen LogP contribution in [0.4, 0.5) is 11.5 Å². The number of rotatable bonds is 14. The Hall–Kier alpha value is -4.17. The molecule has 3 aromatic rings. The number of nitrogens with zero attached hydrogens (tertiary/aromatic N) is 4. The number of benzene rings is 2. The number of phenols is 1. The maximum absolute atomic E-state index is 13.0. The van der Waals surface area contributed by atoms with Crippen LogP contribution < -0.4 is 10.2 Å². The van der Waals surface area contributed by atoms with Crippen LogP contribution in [0, 0.1) is 0 Å². The Bertz CT molecular complexity index is 1390. The van der Waals surface area contributed by atoms with Gasteiger partial charge in [0.2, 0.25) is 12.8 Å². The standard InChI is InChI=1S/C32H38ClN5O3/c1-6-9-17-37(22(4)19-35-20-39)31(34-5)26-18-27(33)29(25-15-10-11-16-28(25)41)36-32(26)38(21-40)30-23(7-2)13-12-14-24(30)8-3/h6,10-16,18,20-22,41H,1,7-9,17,19H2,2-5H3,(H,35,39). The van der Waals surface area contributed by atoms with E-state index in [2.05, 4.69) is 16.9 Å². The number of para-hydroxylation sites is 2. The van der Waals surface area contributed by atoms with Crippen LogP contribution in [0.1, 0.15) is 43.9 Å². The van der Waals surface area contributed by atoms with Crippen LogP contribution >= 0.6 is 11.6 Å². The lowest BCUT2D eigenvalue weighted by atomic mass is 10.0. The van der Waals surface area contributed by atoms with Gasteiger partial charge in [-0.1, -0.05) is 61.9 Å². The number of anilines is 2. The highest BCUT2D eigenvalue weighted by Gasteiger charge is 2.28. The van der Waals surface area contributed by atoms with Crippen LogP contribution in [0.5, 0.6) is 5.75 Å². The number of amides is 2. The summed E-state index contributed by atoms with van der Waals surface area (Å²) < 4.78 is 0. The Morgan fingerprint density at radius 2 is 1.83 bits per heavy atom. The predicted molar refractivity (Wildman–Crippen MR) is 167 cm³/mol. The molecule has 0 saturated carbocycles. The van der Waals surface area contributed by atoms with Crippen molar-refractivity contribution in [3.63, 3.8) is 0 Å². The molecule has 1 unspecified atom stereocenters. The molecule has 2 amide bonds. The smallest absolute Gasteiger partial charge is 0.219 e. The molecule has 1 atom stereocenters. The van der Waals surface area contributed by atoms with E-state index in [-0.39, 0.29) is 11.8 Å². The summed E-state index contributed by atoms with van der Waals surface area (Å²) >= 11 is 6.86. The van der Waals surface area contributed by atoms with Crippen molar-refractivity contribution < 1.29 is 14.7 Å². The molecule has 2 N–H and O–H groups in total. The molecule has 0 bridgehead atoms. The first-order chi connectivity index (χ1) is 19.9. The van der Waals surface area contributed by atoms with Crippen molar-refractivity contribution >= 4 is 41.8 Å². The lowest BCUT2D eigenvalue weighted by molar-refractivity contribution is -0.109. The molecule has 0 radical (unpaired) electrons. The highest BCUT2D eigenvalue weighted by atomic mass is 35.5. The van der Waals surface area contributed by atoms with Gasteiger partial charge in [-0.05, 0) is 55.5 Å². The van der Waals surface area contributed by atoms with Crippen molar-refractivity contribution in [3.05, 3.63) is 82.9 Å². The number of aromatic hydroxyl groups is 1. The van der Waals surface area contributed by atoms with E-state index in [1.165, 1.54) is 0 Å². The predicted octanol–water partition coefficient (Wildman–Crippen LogP) is 5.92. The van der Waals surface area contributed by atoms with E-state index < -0.39 is 0 Å². The summed E-state index contributed by atoms with van der Waals surface area (Å²) in [5, 5.41) is 13.7. The van der Waals surface area contributed by atoms with E-state index in [9.17, 15) is 14.7 Å². The molecule has 1 heterocycles. The summed E-state index contributed by atoms with van der Waals surface area (Å²) in [6.07, 6.45) is 5.32. The average Bonchev–Trinajstić information content (AvgIpc) is 2.99. The number of aliphatic imine (C=N–C) groups is 1. The third-order valence-corrected chi connectivity index (χ3v) is 7.27. The number of phenolic OH excluding ortho intramolecular Hbond substituents is 1.